The van der Waals surface area contributed by atoms with Crippen molar-refractivity contribution in [3.63, 3.8) is 0 Å². The molecule has 2 aromatic heterocycles. The van der Waals surface area contributed by atoms with Gasteiger partial charge in [-0.3, -0.25) is 0 Å². The maximum atomic E-state index is 4.21. The van der Waals surface area contributed by atoms with Crippen molar-refractivity contribution in [2.45, 2.75) is 54.4 Å². The fourth-order valence-electron chi connectivity index (χ4n) is 2.68. The highest BCUT2D eigenvalue weighted by Crippen LogP contribution is 2.19. The van der Waals surface area contributed by atoms with Crippen LogP contribution in [0.15, 0.2) is 71.2 Å². The Labute approximate surface area is 195 Å². The van der Waals surface area contributed by atoms with Crippen molar-refractivity contribution in [2.75, 3.05) is 0 Å². The van der Waals surface area contributed by atoms with Gasteiger partial charge in [-0.05, 0) is 68.0 Å². The lowest BCUT2D eigenvalue weighted by molar-refractivity contribution is 0.769. The number of benzene rings is 2. The van der Waals surface area contributed by atoms with Crippen molar-refractivity contribution >= 4 is 43.1 Å². The summed E-state index contributed by atoms with van der Waals surface area (Å²) in [5.41, 5.74) is 10.2. The molecule has 164 valence electrons. The molecule has 0 unspecified atom stereocenters. The highest BCUT2D eigenvalue weighted by atomic mass is 32.1. The van der Waals surface area contributed by atoms with Gasteiger partial charge < -0.3 is 0 Å². The van der Waals surface area contributed by atoms with Crippen molar-refractivity contribution in [2.24, 2.45) is 5.92 Å². The molecule has 2 heterocycles. The number of aromatic nitrogens is 2. The average molecular weight is 451 g/mol. The second-order valence-corrected chi connectivity index (χ2v) is 9.38. The van der Waals surface area contributed by atoms with E-state index >= 15 is 0 Å². The third kappa shape index (κ3) is 8.04. The van der Waals surface area contributed by atoms with E-state index in [-0.39, 0.29) is 0 Å². The van der Waals surface area contributed by atoms with Crippen molar-refractivity contribution in [1.29, 1.82) is 0 Å². The molecule has 0 amide bonds. The van der Waals surface area contributed by atoms with Gasteiger partial charge in [0.15, 0.2) is 0 Å². The summed E-state index contributed by atoms with van der Waals surface area (Å²) in [7, 11) is 0. The first kappa shape index (κ1) is 25.0. The predicted octanol–water partition coefficient (Wildman–Crippen LogP) is 8.88. The number of thiazole rings is 2. The lowest BCUT2D eigenvalue weighted by Gasteiger charge is -2.01. The van der Waals surface area contributed by atoms with Crippen LogP contribution in [-0.4, -0.2) is 9.97 Å². The van der Waals surface area contributed by atoms with Crippen LogP contribution in [0.2, 0.25) is 0 Å². The van der Waals surface area contributed by atoms with Crippen LogP contribution < -0.4 is 0 Å². The molecule has 0 saturated heterocycles. The number of aryl methyl sites for hydroxylation is 2. The van der Waals surface area contributed by atoms with E-state index in [1.165, 1.54) is 26.1 Å². The van der Waals surface area contributed by atoms with E-state index in [1.54, 1.807) is 22.7 Å². The van der Waals surface area contributed by atoms with Crippen molar-refractivity contribution in [3.05, 3.63) is 82.3 Å². The summed E-state index contributed by atoms with van der Waals surface area (Å²) in [6.45, 7) is 12.9. The van der Waals surface area contributed by atoms with E-state index in [1.807, 2.05) is 24.0 Å². The first-order valence-electron chi connectivity index (χ1n) is 10.9. The normalized spacial score (nSPS) is 11.5. The number of nitrogens with zero attached hydrogens (tertiary/aromatic N) is 2. The van der Waals surface area contributed by atoms with Gasteiger partial charge >= 0.3 is 0 Å². The van der Waals surface area contributed by atoms with Crippen LogP contribution in [0.4, 0.5) is 0 Å². The minimum Gasteiger partial charge on any atom is -0.245 e. The van der Waals surface area contributed by atoms with Crippen LogP contribution in [0, 0.1) is 5.92 Å². The Bertz CT molecular complexity index is 1040. The summed E-state index contributed by atoms with van der Waals surface area (Å²) in [4.78, 5) is 8.43. The molecule has 0 bridgehead atoms. The Morgan fingerprint density at radius 2 is 1.35 bits per heavy atom. The zero-order valence-corrected chi connectivity index (χ0v) is 21.2. The SMILES string of the molecule is C/C=C\C=C(\C)C(C)C.CCc1ccc2ncsc2c1.CCc1ccc2ncsc2c1. The molecular formula is C27H34N2S2. The molecule has 4 heteroatoms. The second kappa shape index (κ2) is 13.2. The van der Waals surface area contributed by atoms with Gasteiger partial charge in [0.1, 0.15) is 0 Å². The van der Waals surface area contributed by atoms with Crippen molar-refractivity contribution < 1.29 is 0 Å². The van der Waals surface area contributed by atoms with Crippen LogP contribution in [0.1, 0.15) is 52.7 Å². The van der Waals surface area contributed by atoms with E-state index in [0.29, 0.717) is 5.92 Å². The molecule has 4 rings (SSSR count). The molecule has 0 aliphatic rings. The molecule has 31 heavy (non-hydrogen) atoms. The lowest BCUT2D eigenvalue weighted by Crippen LogP contribution is -1.86. The first-order valence-corrected chi connectivity index (χ1v) is 12.7. The van der Waals surface area contributed by atoms with Crippen molar-refractivity contribution in [1.82, 2.24) is 9.97 Å². The average Bonchev–Trinajstić information content (AvgIpc) is 3.46. The van der Waals surface area contributed by atoms with E-state index < -0.39 is 0 Å². The molecule has 0 fully saturated rings. The fraction of sp³-hybridized carbons (Fsp3) is 0.333. The lowest BCUT2D eigenvalue weighted by atomic mass is 10.1. The monoisotopic (exact) mass is 450 g/mol. The molecule has 2 aromatic carbocycles. The number of hydrogen-bond donors (Lipinski definition) is 0. The second-order valence-electron chi connectivity index (χ2n) is 7.61. The number of allylic oxidation sites excluding steroid dienone is 4. The summed E-state index contributed by atoms with van der Waals surface area (Å²) in [6, 6.07) is 12.9. The van der Waals surface area contributed by atoms with Gasteiger partial charge in [0, 0.05) is 0 Å². The first-order chi connectivity index (χ1) is 15.0. The Hall–Kier alpha value is -2.30. The highest BCUT2D eigenvalue weighted by molar-refractivity contribution is 7.17. The third-order valence-electron chi connectivity index (χ3n) is 5.07. The molecule has 0 radical (unpaired) electrons. The van der Waals surface area contributed by atoms with Gasteiger partial charge in [-0.25, -0.2) is 9.97 Å². The molecule has 2 nitrogen and oxygen atoms in total. The quantitative estimate of drug-likeness (QED) is 0.290. The van der Waals surface area contributed by atoms with Crippen LogP contribution >= 0.6 is 22.7 Å². The standard InChI is InChI=1S/2C9H9NS.C9H16/c2*1-2-7-3-4-8-9(5-7)11-6-10-8;1-5-6-7-9(4)8(2)3/h2*3-6H,2H2,1H3;5-8H,1-4H3/b;;6-5-,9-7-. The van der Waals surface area contributed by atoms with Gasteiger partial charge in [-0.2, -0.15) is 0 Å². The van der Waals surface area contributed by atoms with Gasteiger partial charge in [-0.1, -0.05) is 63.6 Å². The predicted molar refractivity (Wildman–Crippen MR) is 141 cm³/mol. The van der Waals surface area contributed by atoms with Crippen LogP contribution in [0.3, 0.4) is 0 Å². The zero-order valence-electron chi connectivity index (χ0n) is 19.6. The summed E-state index contributed by atoms with van der Waals surface area (Å²) in [5.74, 6) is 0.682. The molecule has 4 aromatic rings. The number of rotatable bonds is 4. The molecule has 0 saturated carbocycles. The molecule has 0 aliphatic heterocycles. The van der Waals surface area contributed by atoms with Gasteiger partial charge in [-0.15, -0.1) is 22.7 Å². The minimum absolute atomic E-state index is 0.682. The Kier molecular flexibility index (Phi) is 10.6. The highest BCUT2D eigenvalue weighted by Gasteiger charge is 1.96. The van der Waals surface area contributed by atoms with Crippen molar-refractivity contribution in [3.8, 4) is 0 Å². The fourth-order valence-corrected chi connectivity index (χ4v) is 4.16. The summed E-state index contributed by atoms with van der Waals surface area (Å²) >= 11 is 3.41. The smallest absolute Gasteiger partial charge is 0.0812 e. The zero-order chi connectivity index (χ0) is 22.6. The summed E-state index contributed by atoms with van der Waals surface area (Å²) in [6.07, 6.45) is 8.49. The van der Waals surface area contributed by atoms with E-state index in [0.717, 1.165) is 23.9 Å². The maximum Gasteiger partial charge on any atom is 0.0812 e. The van der Waals surface area contributed by atoms with Gasteiger partial charge in [0.2, 0.25) is 0 Å². The van der Waals surface area contributed by atoms with Crippen LogP contribution in [0.5, 0.6) is 0 Å². The molecule has 0 N–H and O–H groups in total. The minimum atomic E-state index is 0.682. The Morgan fingerprint density at radius 1 is 0.871 bits per heavy atom. The Balaban J connectivity index is 0.000000167. The maximum absolute atomic E-state index is 4.21. The summed E-state index contributed by atoms with van der Waals surface area (Å²) < 4.78 is 2.59. The van der Waals surface area contributed by atoms with Gasteiger partial charge in [0.05, 0.1) is 31.5 Å². The number of fused-ring (bicyclic) bond motifs is 2. The largest absolute Gasteiger partial charge is 0.245 e. The van der Waals surface area contributed by atoms with E-state index in [4.69, 9.17) is 0 Å². The van der Waals surface area contributed by atoms with E-state index in [2.05, 4.69) is 93.1 Å². The number of hydrogen-bond acceptors (Lipinski definition) is 4. The Morgan fingerprint density at radius 3 is 1.74 bits per heavy atom. The molecular weight excluding hydrogens is 416 g/mol. The third-order valence-corrected chi connectivity index (χ3v) is 6.65. The van der Waals surface area contributed by atoms with Gasteiger partial charge in [0.25, 0.3) is 0 Å². The summed E-state index contributed by atoms with van der Waals surface area (Å²) in [5, 5.41) is 0. The van der Waals surface area contributed by atoms with Crippen LogP contribution in [-0.2, 0) is 12.8 Å². The topological polar surface area (TPSA) is 25.8 Å². The molecule has 0 atom stereocenters. The van der Waals surface area contributed by atoms with E-state index in [9.17, 15) is 0 Å². The molecule has 0 aliphatic carbocycles. The van der Waals surface area contributed by atoms with Crippen LogP contribution in [0.25, 0.3) is 20.4 Å². The molecule has 0 spiro atoms.